The molecule has 0 aromatic rings. The minimum Gasteiger partial charge on any atom is -0.356 e. The first kappa shape index (κ1) is 34.4. The summed E-state index contributed by atoms with van der Waals surface area (Å²) in [5.74, 6) is 0. The van der Waals surface area contributed by atoms with E-state index in [1.54, 1.807) is 0 Å². The van der Waals surface area contributed by atoms with Gasteiger partial charge in [-0.3, -0.25) is 0 Å². The van der Waals surface area contributed by atoms with Crippen LogP contribution >= 0.6 is 0 Å². The Hall–Kier alpha value is -0.660. The standard InChI is InChI=1S/C35H70N2/c1-4-7-9-11-13-15-16-17-18-19-20-21-22-23-25-27-29-32-37-34-33-36(31-6-3)35(37)30-28-26-24-14-12-10-8-5-2/h33-35H,4-32H2,1-3H3. The minimum absolute atomic E-state index is 0.640. The zero-order chi connectivity index (χ0) is 26.7. The second kappa shape index (κ2) is 26.9. The lowest BCUT2D eigenvalue weighted by Crippen LogP contribution is -2.39. The van der Waals surface area contributed by atoms with Crippen molar-refractivity contribution in [3.05, 3.63) is 12.4 Å². The summed E-state index contributed by atoms with van der Waals surface area (Å²) in [6, 6.07) is 0. The summed E-state index contributed by atoms with van der Waals surface area (Å²) >= 11 is 0. The molecule has 2 nitrogen and oxygen atoms in total. The second-order valence-electron chi connectivity index (χ2n) is 12.2. The van der Waals surface area contributed by atoms with E-state index >= 15 is 0 Å². The van der Waals surface area contributed by atoms with Crippen LogP contribution in [0.1, 0.15) is 194 Å². The Balaban J connectivity index is 1.96. The molecule has 220 valence electrons. The highest BCUT2D eigenvalue weighted by Crippen LogP contribution is 2.23. The predicted octanol–water partition coefficient (Wildman–Crippen LogP) is 12.0. The minimum atomic E-state index is 0.640. The molecule has 1 aliphatic heterocycles. The fraction of sp³-hybridized carbons (Fsp3) is 0.943. The fourth-order valence-electron chi connectivity index (χ4n) is 6.08. The average Bonchev–Trinajstić information content (AvgIpc) is 3.28. The third kappa shape index (κ3) is 20.0. The van der Waals surface area contributed by atoms with E-state index in [0.717, 1.165) is 0 Å². The topological polar surface area (TPSA) is 6.48 Å². The van der Waals surface area contributed by atoms with Crippen molar-refractivity contribution in [2.45, 2.75) is 200 Å². The zero-order valence-electron chi connectivity index (χ0n) is 26.1. The van der Waals surface area contributed by atoms with Crippen LogP contribution in [0.15, 0.2) is 12.4 Å². The van der Waals surface area contributed by atoms with Crippen LogP contribution in [0.2, 0.25) is 0 Å². The normalized spacial score (nSPS) is 15.4. The van der Waals surface area contributed by atoms with Gasteiger partial charge in [-0.05, 0) is 25.7 Å². The van der Waals surface area contributed by atoms with E-state index in [1.165, 1.54) is 186 Å². The van der Waals surface area contributed by atoms with Gasteiger partial charge in [0.25, 0.3) is 0 Å². The van der Waals surface area contributed by atoms with Crippen LogP contribution in [0.3, 0.4) is 0 Å². The van der Waals surface area contributed by atoms with Gasteiger partial charge in [-0.1, -0.05) is 168 Å². The lowest BCUT2D eigenvalue weighted by molar-refractivity contribution is 0.137. The van der Waals surface area contributed by atoms with Gasteiger partial charge >= 0.3 is 0 Å². The first-order valence-electron chi connectivity index (χ1n) is 17.5. The van der Waals surface area contributed by atoms with Gasteiger partial charge in [-0.25, -0.2) is 0 Å². The molecule has 37 heavy (non-hydrogen) atoms. The summed E-state index contributed by atoms with van der Waals surface area (Å²) in [7, 11) is 0. The van der Waals surface area contributed by atoms with Gasteiger partial charge in [0.2, 0.25) is 0 Å². The van der Waals surface area contributed by atoms with E-state index in [0.29, 0.717) is 6.17 Å². The van der Waals surface area contributed by atoms with Crippen LogP contribution in [-0.2, 0) is 0 Å². The van der Waals surface area contributed by atoms with Crippen LogP contribution in [-0.4, -0.2) is 29.1 Å². The van der Waals surface area contributed by atoms with Crippen LogP contribution in [0.25, 0.3) is 0 Å². The van der Waals surface area contributed by atoms with E-state index in [2.05, 4.69) is 43.0 Å². The highest BCUT2D eigenvalue weighted by Gasteiger charge is 2.24. The molecule has 1 rings (SSSR count). The summed E-state index contributed by atoms with van der Waals surface area (Å²) in [6.07, 6.45) is 44.1. The molecule has 0 fully saturated rings. The maximum atomic E-state index is 2.67. The Bertz CT molecular complexity index is 474. The van der Waals surface area contributed by atoms with Gasteiger partial charge in [0.15, 0.2) is 0 Å². The van der Waals surface area contributed by atoms with Crippen molar-refractivity contribution in [3.8, 4) is 0 Å². The number of nitrogens with zero attached hydrogens (tertiary/aromatic N) is 2. The van der Waals surface area contributed by atoms with Gasteiger partial charge in [0.05, 0.1) is 0 Å². The molecule has 2 heteroatoms. The SMILES string of the molecule is CCCCCCCCCCCCCCCCCCCN1C=CN(CCC)C1CCCCCCCCCC. The summed E-state index contributed by atoms with van der Waals surface area (Å²) < 4.78 is 0. The van der Waals surface area contributed by atoms with Gasteiger partial charge in [-0.2, -0.15) is 0 Å². The molecule has 0 aromatic heterocycles. The highest BCUT2D eigenvalue weighted by atomic mass is 15.4. The Morgan fingerprint density at radius 1 is 0.351 bits per heavy atom. The molecule has 0 aromatic carbocycles. The highest BCUT2D eigenvalue weighted by molar-refractivity contribution is 4.96. The molecule has 0 amide bonds. The molecule has 1 heterocycles. The van der Waals surface area contributed by atoms with Gasteiger partial charge in [-0.15, -0.1) is 0 Å². The number of hydrogen-bond donors (Lipinski definition) is 0. The smallest absolute Gasteiger partial charge is 0.101 e. The third-order valence-electron chi connectivity index (χ3n) is 8.53. The van der Waals surface area contributed by atoms with Crippen molar-refractivity contribution in [1.29, 1.82) is 0 Å². The number of rotatable bonds is 29. The predicted molar refractivity (Wildman–Crippen MR) is 168 cm³/mol. The van der Waals surface area contributed by atoms with Crippen molar-refractivity contribution >= 4 is 0 Å². The first-order chi connectivity index (χ1) is 18.3. The van der Waals surface area contributed by atoms with E-state index in [9.17, 15) is 0 Å². The Labute approximate surface area is 235 Å². The summed E-state index contributed by atoms with van der Waals surface area (Å²) in [5, 5.41) is 0. The molecule has 0 N–H and O–H groups in total. The van der Waals surface area contributed by atoms with Crippen LogP contribution in [0.4, 0.5) is 0 Å². The zero-order valence-corrected chi connectivity index (χ0v) is 26.1. The average molecular weight is 519 g/mol. The summed E-state index contributed by atoms with van der Waals surface area (Å²) in [5.41, 5.74) is 0. The van der Waals surface area contributed by atoms with E-state index in [-0.39, 0.29) is 0 Å². The molecule has 0 saturated carbocycles. The summed E-state index contributed by atoms with van der Waals surface area (Å²) in [6.45, 7) is 9.41. The summed E-state index contributed by atoms with van der Waals surface area (Å²) in [4.78, 5) is 5.29. The van der Waals surface area contributed by atoms with Crippen molar-refractivity contribution in [2.24, 2.45) is 0 Å². The fourth-order valence-corrected chi connectivity index (χ4v) is 6.08. The second-order valence-corrected chi connectivity index (χ2v) is 12.2. The number of hydrogen-bond acceptors (Lipinski definition) is 2. The van der Waals surface area contributed by atoms with Crippen LogP contribution in [0.5, 0.6) is 0 Å². The van der Waals surface area contributed by atoms with E-state index < -0.39 is 0 Å². The Kier molecular flexibility index (Phi) is 25.0. The molecule has 0 saturated heterocycles. The van der Waals surface area contributed by atoms with Gasteiger partial charge in [0.1, 0.15) is 6.17 Å². The van der Waals surface area contributed by atoms with Crippen molar-refractivity contribution < 1.29 is 0 Å². The maximum Gasteiger partial charge on any atom is 0.101 e. The third-order valence-corrected chi connectivity index (χ3v) is 8.53. The van der Waals surface area contributed by atoms with E-state index in [4.69, 9.17) is 0 Å². The Morgan fingerprint density at radius 3 is 1.05 bits per heavy atom. The van der Waals surface area contributed by atoms with Gasteiger partial charge < -0.3 is 9.80 Å². The molecular formula is C35H70N2. The molecule has 1 unspecified atom stereocenters. The molecule has 0 radical (unpaired) electrons. The monoisotopic (exact) mass is 519 g/mol. The Morgan fingerprint density at radius 2 is 0.676 bits per heavy atom. The maximum absolute atomic E-state index is 2.67. The van der Waals surface area contributed by atoms with Crippen molar-refractivity contribution in [2.75, 3.05) is 13.1 Å². The lowest BCUT2D eigenvalue weighted by Gasteiger charge is -2.33. The molecule has 1 aliphatic rings. The molecule has 0 bridgehead atoms. The van der Waals surface area contributed by atoms with E-state index in [1.807, 2.05) is 0 Å². The van der Waals surface area contributed by atoms with Crippen LogP contribution < -0.4 is 0 Å². The van der Waals surface area contributed by atoms with Crippen molar-refractivity contribution in [3.63, 3.8) is 0 Å². The lowest BCUT2D eigenvalue weighted by atomic mass is 10.0. The molecule has 0 spiro atoms. The molecular weight excluding hydrogens is 448 g/mol. The number of unbranched alkanes of at least 4 members (excludes halogenated alkanes) is 23. The van der Waals surface area contributed by atoms with Crippen LogP contribution in [0, 0.1) is 0 Å². The largest absolute Gasteiger partial charge is 0.356 e. The molecule has 0 aliphatic carbocycles. The van der Waals surface area contributed by atoms with Gasteiger partial charge in [0, 0.05) is 25.5 Å². The van der Waals surface area contributed by atoms with Crippen molar-refractivity contribution in [1.82, 2.24) is 9.80 Å². The quantitative estimate of drug-likeness (QED) is 0.0908. The molecule has 1 atom stereocenters. The first-order valence-corrected chi connectivity index (χ1v) is 17.5.